The standard InChI is InChI=1S/C34H37N7O6/c1-21-29(42)38-27(16-22-6-4-3-5-7-22)31(44)40-34(12-13-34)33(46)36-14-15-47-25-10-8-23(9-11-25)17-26(30(43)37-21)39-32(45)28-18-24(19-35)20-41(28)2/h3-11,18,20-21,26-27H,12-17H2,1-2H3,(H,36,46)(H,37,43)(H,38,42)(H,39,45)(H,40,44)/t21-,26-,27+/m0/s1. The van der Waals surface area contributed by atoms with Crippen molar-refractivity contribution in [2.24, 2.45) is 7.05 Å². The molecule has 0 radical (unpaired) electrons. The van der Waals surface area contributed by atoms with Gasteiger partial charge in [-0.1, -0.05) is 42.5 Å². The number of amides is 5. The Morgan fingerprint density at radius 2 is 1.74 bits per heavy atom. The molecule has 5 amide bonds. The average molecular weight is 640 g/mol. The number of nitrogens with one attached hydrogen (secondary N) is 5. The largest absolute Gasteiger partial charge is 0.492 e. The van der Waals surface area contributed by atoms with Crippen LogP contribution in [0.4, 0.5) is 0 Å². The van der Waals surface area contributed by atoms with Gasteiger partial charge in [-0.15, -0.1) is 0 Å². The number of aromatic nitrogens is 1. The van der Waals surface area contributed by atoms with E-state index in [1.807, 2.05) is 36.4 Å². The van der Waals surface area contributed by atoms with Crippen molar-refractivity contribution in [2.75, 3.05) is 13.2 Å². The van der Waals surface area contributed by atoms with Crippen LogP contribution in [0.1, 0.15) is 46.9 Å². The summed E-state index contributed by atoms with van der Waals surface area (Å²) < 4.78 is 7.27. The summed E-state index contributed by atoms with van der Waals surface area (Å²) in [5, 5.41) is 23.1. The Balaban J connectivity index is 1.40. The second kappa shape index (κ2) is 14.2. The van der Waals surface area contributed by atoms with Gasteiger partial charge in [0.25, 0.3) is 5.91 Å². The molecule has 47 heavy (non-hydrogen) atoms. The quantitative estimate of drug-likeness (QED) is 0.259. The van der Waals surface area contributed by atoms with Gasteiger partial charge < -0.3 is 35.9 Å². The Kier molecular flexibility index (Phi) is 9.89. The van der Waals surface area contributed by atoms with Gasteiger partial charge in [-0.05, 0) is 49.1 Å². The van der Waals surface area contributed by atoms with Crippen LogP contribution in [-0.2, 0) is 39.1 Å². The molecule has 3 aromatic rings. The molecule has 1 spiro atoms. The van der Waals surface area contributed by atoms with E-state index in [0.29, 0.717) is 29.7 Å². The number of nitrogens with zero attached hydrogens (tertiary/aromatic N) is 2. The van der Waals surface area contributed by atoms with Crippen LogP contribution >= 0.6 is 0 Å². The summed E-state index contributed by atoms with van der Waals surface area (Å²) in [4.78, 5) is 66.9. The van der Waals surface area contributed by atoms with Crippen molar-refractivity contribution in [1.82, 2.24) is 31.2 Å². The molecule has 2 bridgehead atoms. The van der Waals surface area contributed by atoms with Gasteiger partial charge in [0.1, 0.15) is 47.8 Å². The maximum atomic E-state index is 13.6. The van der Waals surface area contributed by atoms with Crippen LogP contribution in [0.5, 0.6) is 5.75 Å². The molecule has 1 fully saturated rings. The van der Waals surface area contributed by atoms with Gasteiger partial charge in [-0.3, -0.25) is 24.0 Å². The molecule has 244 valence electrons. The van der Waals surface area contributed by atoms with Crippen molar-refractivity contribution in [1.29, 1.82) is 5.26 Å². The summed E-state index contributed by atoms with van der Waals surface area (Å²) in [6, 6.07) is 16.3. The van der Waals surface area contributed by atoms with Crippen LogP contribution in [0.3, 0.4) is 0 Å². The van der Waals surface area contributed by atoms with Crippen molar-refractivity contribution in [3.05, 3.63) is 89.2 Å². The predicted octanol–water partition coefficient (Wildman–Crippen LogP) is 0.627. The first-order chi connectivity index (χ1) is 22.6. The maximum Gasteiger partial charge on any atom is 0.268 e. The number of nitriles is 1. The lowest BCUT2D eigenvalue weighted by Crippen LogP contribution is -2.59. The predicted molar refractivity (Wildman–Crippen MR) is 170 cm³/mol. The van der Waals surface area contributed by atoms with Crippen molar-refractivity contribution >= 4 is 29.5 Å². The minimum absolute atomic E-state index is 0.0822. The van der Waals surface area contributed by atoms with E-state index in [4.69, 9.17) is 4.74 Å². The topological polar surface area (TPSA) is 183 Å². The molecule has 0 unspecified atom stereocenters. The SMILES string of the molecule is C[C@@H]1NC(=O)[C@@H](NC(=O)c2cc(C#N)cn2C)Cc2ccc(cc2)OCCNC(=O)C2(CC2)NC(=O)[C@@H](Cc2ccccc2)NC1=O. The van der Waals surface area contributed by atoms with Gasteiger partial charge >= 0.3 is 0 Å². The molecule has 3 heterocycles. The molecule has 1 saturated carbocycles. The highest BCUT2D eigenvalue weighted by molar-refractivity contribution is 5.99. The van der Waals surface area contributed by atoms with E-state index in [0.717, 1.165) is 5.56 Å². The Bertz CT molecular complexity index is 1690. The second-order valence-corrected chi connectivity index (χ2v) is 11.9. The number of fused-ring (bicyclic) bond motifs is 15. The normalized spacial score (nSPS) is 21.7. The molecule has 1 aromatic heterocycles. The molecule has 3 aliphatic rings. The van der Waals surface area contributed by atoms with Crippen molar-refractivity contribution in [2.45, 2.75) is 56.3 Å². The Morgan fingerprint density at radius 1 is 1.02 bits per heavy atom. The first kappa shape index (κ1) is 32.7. The van der Waals surface area contributed by atoms with Crippen LogP contribution < -0.4 is 31.3 Å². The summed E-state index contributed by atoms with van der Waals surface area (Å²) in [5.41, 5.74) is 0.902. The molecular formula is C34H37N7O6. The minimum atomic E-state index is -1.09. The highest BCUT2D eigenvalue weighted by Gasteiger charge is 2.51. The fraction of sp³-hybridized carbons (Fsp3) is 0.353. The zero-order valence-corrected chi connectivity index (χ0v) is 26.2. The fourth-order valence-electron chi connectivity index (χ4n) is 5.35. The first-order valence-electron chi connectivity index (χ1n) is 15.4. The lowest BCUT2D eigenvalue weighted by Gasteiger charge is -2.25. The third kappa shape index (κ3) is 8.15. The monoisotopic (exact) mass is 639 g/mol. The van der Waals surface area contributed by atoms with Crippen LogP contribution in [0, 0.1) is 11.3 Å². The van der Waals surface area contributed by atoms with Crippen LogP contribution in [0.15, 0.2) is 66.9 Å². The Labute approximate surface area is 272 Å². The summed E-state index contributed by atoms with van der Waals surface area (Å²) in [6.07, 6.45) is 2.66. The zero-order valence-electron chi connectivity index (χ0n) is 26.2. The van der Waals surface area contributed by atoms with Gasteiger partial charge in [0, 0.05) is 26.1 Å². The molecule has 5 N–H and O–H groups in total. The van der Waals surface area contributed by atoms with E-state index >= 15 is 0 Å². The number of ether oxygens (including phenoxy) is 1. The minimum Gasteiger partial charge on any atom is -0.492 e. The van der Waals surface area contributed by atoms with Gasteiger partial charge in [0.15, 0.2) is 0 Å². The molecule has 1 aliphatic carbocycles. The molecule has 2 aliphatic heterocycles. The lowest BCUT2D eigenvalue weighted by atomic mass is 10.0. The van der Waals surface area contributed by atoms with E-state index in [-0.39, 0.29) is 37.6 Å². The maximum absolute atomic E-state index is 13.6. The van der Waals surface area contributed by atoms with Gasteiger partial charge in [-0.25, -0.2) is 0 Å². The van der Waals surface area contributed by atoms with Crippen molar-refractivity contribution in [3.63, 3.8) is 0 Å². The fourth-order valence-corrected chi connectivity index (χ4v) is 5.35. The third-order valence-corrected chi connectivity index (χ3v) is 8.22. The van der Waals surface area contributed by atoms with Crippen LogP contribution in [0.2, 0.25) is 0 Å². The lowest BCUT2D eigenvalue weighted by molar-refractivity contribution is -0.134. The molecule has 3 atom stereocenters. The Morgan fingerprint density at radius 3 is 2.40 bits per heavy atom. The van der Waals surface area contributed by atoms with E-state index in [1.165, 1.54) is 23.8 Å². The number of rotatable bonds is 4. The molecule has 0 saturated heterocycles. The van der Waals surface area contributed by atoms with E-state index in [1.54, 1.807) is 31.3 Å². The first-order valence-corrected chi connectivity index (χ1v) is 15.4. The molecule has 13 nitrogen and oxygen atoms in total. The molecule has 6 rings (SSSR count). The number of hydrogen-bond acceptors (Lipinski definition) is 7. The smallest absolute Gasteiger partial charge is 0.268 e. The number of hydrogen-bond donors (Lipinski definition) is 5. The summed E-state index contributed by atoms with van der Waals surface area (Å²) in [5.74, 6) is -2.12. The molecule has 13 heteroatoms. The zero-order chi connectivity index (χ0) is 33.6. The van der Waals surface area contributed by atoms with Crippen LogP contribution in [0.25, 0.3) is 0 Å². The van der Waals surface area contributed by atoms with Crippen molar-refractivity contribution < 1.29 is 28.7 Å². The Hall–Kier alpha value is -5.64. The van der Waals surface area contributed by atoms with Gasteiger partial charge in [0.05, 0.1) is 12.1 Å². The third-order valence-electron chi connectivity index (χ3n) is 8.22. The molecular weight excluding hydrogens is 602 g/mol. The highest BCUT2D eigenvalue weighted by Crippen LogP contribution is 2.35. The number of carbonyl (C=O) groups is 5. The summed E-state index contributed by atoms with van der Waals surface area (Å²) in [7, 11) is 1.62. The van der Waals surface area contributed by atoms with Crippen molar-refractivity contribution in [3.8, 4) is 11.8 Å². The number of aryl methyl sites for hydroxylation is 1. The number of carbonyl (C=O) groups excluding carboxylic acids is 5. The van der Waals surface area contributed by atoms with Gasteiger partial charge in [0.2, 0.25) is 23.6 Å². The second-order valence-electron chi connectivity index (χ2n) is 11.9. The van der Waals surface area contributed by atoms with E-state index in [9.17, 15) is 29.2 Å². The summed E-state index contributed by atoms with van der Waals surface area (Å²) >= 11 is 0. The van der Waals surface area contributed by atoms with E-state index in [2.05, 4.69) is 26.6 Å². The average Bonchev–Trinajstić information content (AvgIpc) is 3.74. The molecule has 2 aromatic carbocycles. The highest BCUT2D eigenvalue weighted by atomic mass is 16.5. The summed E-state index contributed by atoms with van der Waals surface area (Å²) in [6.45, 7) is 1.87. The van der Waals surface area contributed by atoms with Crippen LogP contribution in [-0.4, -0.2) is 70.9 Å². The number of benzene rings is 2. The van der Waals surface area contributed by atoms with Gasteiger partial charge in [-0.2, -0.15) is 5.26 Å². The van der Waals surface area contributed by atoms with E-state index < -0.39 is 47.3 Å².